The van der Waals surface area contributed by atoms with E-state index in [-0.39, 0.29) is 23.7 Å². The Hall–Kier alpha value is -2.06. The van der Waals surface area contributed by atoms with Crippen LogP contribution in [0.25, 0.3) is 0 Å². The summed E-state index contributed by atoms with van der Waals surface area (Å²) in [5.41, 5.74) is -1.07. The fourth-order valence-corrected chi connectivity index (χ4v) is 5.38. The fourth-order valence-electron chi connectivity index (χ4n) is 5.38. The van der Waals surface area contributed by atoms with Gasteiger partial charge in [-0.05, 0) is 51.9 Å². The van der Waals surface area contributed by atoms with Crippen LogP contribution >= 0.6 is 0 Å². The van der Waals surface area contributed by atoms with E-state index < -0.39 is 73.0 Å². The number of carbonyl (C=O) groups is 2. The molecule has 1 aliphatic carbocycles. The Kier molecular flexibility index (Phi) is 10.3. The third-order valence-electron chi connectivity index (χ3n) is 7.77. The predicted molar refractivity (Wildman–Crippen MR) is 130 cm³/mol. The van der Waals surface area contributed by atoms with Crippen molar-refractivity contribution >= 4 is 11.9 Å². The zero-order valence-electron chi connectivity index (χ0n) is 21.9. The molecule has 38 heavy (non-hydrogen) atoms. The number of esters is 1. The molecule has 0 aromatic heterocycles. The highest BCUT2D eigenvalue weighted by Gasteiger charge is 2.56. The SMILES string of the molecule is C/C(=C\CCC(C)CCO)C(=O)O[C@@H]1[C@@H](O)[C@H](OC2OC=C(C(=O)O)C3CCC(C)(O)C23)O[C@H](CO)[C@H]1O. The van der Waals surface area contributed by atoms with E-state index in [1.54, 1.807) is 19.9 Å². The van der Waals surface area contributed by atoms with Crippen LogP contribution in [0.5, 0.6) is 0 Å². The molecule has 12 nitrogen and oxygen atoms in total. The van der Waals surface area contributed by atoms with E-state index >= 15 is 0 Å². The molecule has 12 heteroatoms. The summed E-state index contributed by atoms with van der Waals surface area (Å²) in [6.07, 6.45) is -3.39. The van der Waals surface area contributed by atoms with Crippen LogP contribution in [0, 0.1) is 17.8 Å². The van der Waals surface area contributed by atoms with Gasteiger partial charge in [0.25, 0.3) is 0 Å². The topological polar surface area (TPSA) is 192 Å². The fraction of sp³-hybridized carbons (Fsp3) is 0.769. The Labute approximate surface area is 221 Å². The first-order chi connectivity index (χ1) is 17.9. The summed E-state index contributed by atoms with van der Waals surface area (Å²) in [5, 5.41) is 60.8. The summed E-state index contributed by atoms with van der Waals surface area (Å²) in [5.74, 6) is -3.05. The minimum Gasteiger partial charge on any atom is -0.478 e. The molecule has 0 spiro atoms. The lowest BCUT2D eigenvalue weighted by atomic mass is 9.81. The summed E-state index contributed by atoms with van der Waals surface area (Å²) < 4.78 is 22.3. The van der Waals surface area contributed by atoms with Gasteiger partial charge in [0.2, 0.25) is 6.29 Å². The summed E-state index contributed by atoms with van der Waals surface area (Å²) in [6, 6.07) is 0. The number of aliphatic carboxylic acids is 1. The molecule has 0 amide bonds. The van der Waals surface area contributed by atoms with Gasteiger partial charge in [-0.15, -0.1) is 0 Å². The molecule has 0 radical (unpaired) electrons. The molecule has 2 fully saturated rings. The van der Waals surface area contributed by atoms with Gasteiger partial charge in [0.15, 0.2) is 12.4 Å². The van der Waals surface area contributed by atoms with E-state index in [1.807, 2.05) is 6.92 Å². The first kappa shape index (κ1) is 30.5. The van der Waals surface area contributed by atoms with Crippen molar-refractivity contribution in [2.24, 2.45) is 17.8 Å². The second kappa shape index (κ2) is 12.9. The number of aliphatic hydroxyl groups is 5. The highest BCUT2D eigenvalue weighted by atomic mass is 16.8. The van der Waals surface area contributed by atoms with E-state index in [4.69, 9.17) is 24.1 Å². The van der Waals surface area contributed by atoms with Crippen LogP contribution in [-0.2, 0) is 28.5 Å². The van der Waals surface area contributed by atoms with Gasteiger partial charge in [-0.1, -0.05) is 13.0 Å². The summed E-state index contributed by atoms with van der Waals surface area (Å²) in [6.45, 7) is 4.49. The van der Waals surface area contributed by atoms with Crippen LogP contribution in [0.1, 0.15) is 52.9 Å². The molecule has 0 aromatic carbocycles. The molecule has 6 N–H and O–H groups in total. The van der Waals surface area contributed by atoms with Gasteiger partial charge in [-0.3, -0.25) is 0 Å². The number of aliphatic hydroxyl groups excluding tert-OH is 4. The van der Waals surface area contributed by atoms with Crippen molar-refractivity contribution in [3.05, 3.63) is 23.5 Å². The van der Waals surface area contributed by atoms with Gasteiger partial charge in [-0.2, -0.15) is 0 Å². The monoisotopic (exact) mass is 544 g/mol. The van der Waals surface area contributed by atoms with Gasteiger partial charge < -0.3 is 49.6 Å². The standard InChI is InChI=1S/C26H40O12/c1-13(8-10-27)5-4-6-14(2)23(33)37-21-19(29)17(11-28)36-25(20(21)30)38-24-18-15(7-9-26(18,3)34)16(12-35-24)22(31)32/h6,12-13,15,17-21,24-25,27-30,34H,4-5,7-11H2,1-3H3,(H,31,32)/b14-6+/t13?,15?,17-,18?,19-,20-,21+,24?,25+,26?/m1/s1. The van der Waals surface area contributed by atoms with Crippen molar-refractivity contribution in [3.63, 3.8) is 0 Å². The van der Waals surface area contributed by atoms with Crippen LogP contribution in [0.2, 0.25) is 0 Å². The summed E-state index contributed by atoms with van der Waals surface area (Å²) in [4.78, 5) is 24.4. The zero-order valence-corrected chi connectivity index (χ0v) is 21.9. The Morgan fingerprint density at radius 1 is 1.21 bits per heavy atom. The molecule has 2 heterocycles. The number of rotatable bonds is 11. The maximum atomic E-state index is 12.7. The third kappa shape index (κ3) is 6.74. The maximum Gasteiger partial charge on any atom is 0.334 e. The molecular formula is C26H40O12. The average molecular weight is 545 g/mol. The van der Waals surface area contributed by atoms with Gasteiger partial charge in [-0.25, -0.2) is 9.59 Å². The smallest absolute Gasteiger partial charge is 0.334 e. The number of hydrogen-bond acceptors (Lipinski definition) is 11. The van der Waals surface area contributed by atoms with Crippen molar-refractivity contribution < 1.29 is 59.2 Å². The lowest BCUT2D eigenvalue weighted by Crippen LogP contribution is -2.62. The van der Waals surface area contributed by atoms with Gasteiger partial charge in [0.05, 0.1) is 30.0 Å². The molecule has 10 atom stereocenters. The van der Waals surface area contributed by atoms with Crippen LogP contribution < -0.4 is 0 Å². The van der Waals surface area contributed by atoms with Crippen LogP contribution in [-0.4, -0.2) is 98.4 Å². The molecule has 3 aliphatic rings. The number of fused-ring (bicyclic) bond motifs is 1. The molecule has 1 saturated carbocycles. The Balaban J connectivity index is 1.72. The molecule has 1 saturated heterocycles. The second-order valence-corrected chi connectivity index (χ2v) is 10.7. The van der Waals surface area contributed by atoms with Crippen LogP contribution in [0.4, 0.5) is 0 Å². The van der Waals surface area contributed by atoms with E-state index in [9.17, 15) is 35.1 Å². The third-order valence-corrected chi connectivity index (χ3v) is 7.77. The van der Waals surface area contributed by atoms with Crippen LogP contribution in [0.15, 0.2) is 23.5 Å². The van der Waals surface area contributed by atoms with E-state index in [1.165, 1.54) is 0 Å². The lowest BCUT2D eigenvalue weighted by Gasteiger charge is -2.44. The first-order valence-corrected chi connectivity index (χ1v) is 13.0. The van der Waals surface area contributed by atoms with Crippen LogP contribution in [0.3, 0.4) is 0 Å². The minimum absolute atomic E-state index is 0.00113. The molecule has 5 unspecified atom stereocenters. The van der Waals surface area contributed by atoms with Crippen molar-refractivity contribution in [2.45, 2.75) is 95.5 Å². The second-order valence-electron chi connectivity index (χ2n) is 10.7. The number of carboxylic acids is 1. The summed E-state index contributed by atoms with van der Waals surface area (Å²) in [7, 11) is 0. The highest BCUT2D eigenvalue weighted by molar-refractivity contribution is 5.88. The van der Waals surface area contributed by atoms with Gasteiger partial charge in [0, 0.05) is 18.1 Å². The molecule has 0 aromatic rings. The number of hydrogen-bond donors (Lipinski definition) is 6. The predicted octanol–water partition coefficient (Wildman–Crippen LogP) is 0.201. The normalized spacial score (nSPS) is 38.1. The largest absolute Gasteiger partial charge is 0.478 e. The van der Waals surface area contributed by atoms with Gasteiger partial charge in [0.1, 0.15) is 18.3 Å². The van der Waals surface area contributed by atoms with E-state index in [0.717, 1.165) is 12.7 Å². The van der Waals surface area contributed by atoms with Gasteiger partial charge >= 0.3 is 11.9 Å². The molecule has 3 rings (SSSR count). The lowest BCUT2D eigenvalue weighted by molar-refractivity contribution is -0.346. The molecule has 216 valence electrons. The Bertz CT molecular complexity index is 899. The molecule has 0 bridgehead atoms. The van der Waals surface area contributed by atoms with E-state index in [2.05, 4.69) is 0 Å². The number of allylic oxidation sites excluding steroid dienone is 1. The summed E-state index contributed by atoms with van der Waals surface area (Å²) >= 11 is 0. The number of carboxylic acid groups (broad SMARTS) is 1. The highest BCUT2D eigenvalue weighted by Crippen LogP contribution is 2.49. The zero-order chi connectivity index (χ0) is 28.2. The van der Waals surface area contributed by atoms with Crippen molar-refractivity contribution in [3.8, 4) is 0 Å². The average Bonchev–Trinajstić information content (AvgIpc) is 3.18. The van der Waals surface area contributed by atoms with E-state index in [0.29, 0.717) is 25.7 Å². The first-order valence-electron chi connectivity index (χ1n) is 13.0. The molecular weight excluding hydrogens is 504 g/mol. The maximum absolute atomic E-state index is 12.7. The number of ether oxygens (including phenoxy) is 4. The molecule has 2 aliphatic heterocycles. The van der Waals surface area contributed by atoms with Crippen molar-refractivity contribution in [1.82, 2.24) is 0 Å². The number of carbonyl (C=O) groups excluding carboxylic acids is 1. The van der Waals surface area contributed by atoms with Crippen molar-refractivity contribution in [1.29, 1.82) is 0 Å². The Morgan fingerprint density at radius 3 is 2.55 bits per heavy atom. The minimum atomic E-state index is -1.69. The van der Waals surface area contributed by atoms with Crippen molar-refractivity contribution in [2.75, 3.05) is 13.2 Å². The Morgan fingerprint density at radius 2 is 1.92 bits per heavy atom. The quantitative estimate of drug-likeness (QED) is 0.153.